The van der Waals surface area contributed by atoms with Crippen LogP contribution in [0.5, 0.6) is 0 Å². The summed E-state index contributed by atoms with van der Waals surface area (Å²) in [6.45, 7) is 1.87. The molecule has 2 aromatic heterocycles. The first kappa shape index (κ1) is 23.6. The van der Waals surface area contributed by atoms with Crippen LogP contribution in [0.2, 0.25) is 5.02 Å². The molecule has 0 spiro atoms. The fraction of sp³-hybridized carbons (Fsp3) is 0.364. The lowest BCUT2D eigenvalue weighted by Crippen LogP contribution is -2.40. The summed E-state index contributed by atoms with van der Waals surface area (Å²) in [5.74, 6) is -0.780. The maximum absolute atomic E-state index is 13.6. The Hall–Kier alpha value is -2.56. The van der Waals surface area contributed by atoms with Crippen molar-refractivity contribution in [2.24, 2.45) is 0 Å². The number of carbonyl (C=O) groups is 1. The van der Waals surface area contributed by atoms with Crippen LogP contribution < -0.4 is 5.32 Å². The highest BCUT2D eigenvalue weighted by Gasteiger charge is 2.40. The SMILES string of the molecule is O=C(NCC(c1ccc(Cl)cc1)N1CCCCC1)c1sc(-c2ncccn2)nc1C(F)(F)F. The van der Waals surface area contributed by atoms with Crippen molar-refractivity contribution in [2.75, 3.05) is 19.6 Å². The van der Waals surface area contributed by atoms with Crippen LogP contribution in [-0.2, 0) is 6.18 Å². The van der Waals surface area contributed by atoms with Crippen molar-refractivity contribution in [1.29, 1.82) is 0 Å². The van der Waals surface area contributed by atoms with Gasteiger partial charge in [-0.1, -0.05) is 30.2 Å². The molecular weight excluding hydrogens is 475 g/mol. The number of hydrogen-bond donors (Lipinski definition) is 1. The minimum absolute atomic E-state index is 0.0411. The van der Waals surface area contributed by atoms with Crippen LogP contribution in [0, 0.1) is 0 Å². The Labute approximate surface area is 197 Å². The van der Waals surface area contributed by atoms with Crippen molar-refractivity contribution in [3.63, 3.8) is 0 Å². The zero-order valence-electron chi connectivity index (χ0n) is 17.5. The minimum Gasteiger partial charge on any atom is -0.349 e. The Kier molecular flexibility index (Phi) is 7.26. The molecule has 0 bridgehead atoms. The molecule has 1 aliphatic rings. The number of likely N-dealkylation sites (tertiary alicyclic amines) is 1. The Morgan fingerprint density at radius 2 is 1.79 bits per heavy atom. The molecule has 0 aliphatic carbocycles. The maximum Gasteiger partial charge on any atom is 0.435 e. The Balaban J connectivity index is 1.58. The summed E-state index contributed by atoms with van der Waals surface area (Å²) in [6.07, 6.45) is 1.24. The second-order valence-electron chi connectivity index (χ2n) is 7.64. The van der Waals surface area contributed by atoms with Gasteiger partial charge in [0.1, 0.15) is 4.88 Å². The van der Waals surface area contributed by atoms with Crippen LogP contribution in [-0.4, -0.2) is 45.4 Å². The van der Waals surface area contributed by atoms with Crippen LogP contribution in [0.15, 0.2) is 42.7 Å². The molecule has 11 heteroatoms. The zero-order valence-corrected chi connectivity index (χ0v) is 19.1. The molecule has 1 unspecified atom stereocenters. The van der Waals surface area contributed by atoms with Gasteiger partial charge in [0.2, 0.25) is 0 Å². The molecule has 1 fully saturated rings. The highest BCUT2D eigenvalue weighted by atomic mass is 35.5. The Morgan fingerprint density at radius 1 is 1.12 bits per heavy atom. The van der Waals surface area contributed by atoms with E-state index in [2.05, 4.69) is 25.2 Å². The largest absolute Gasteiger partial charge is 0.435 e. The normalized spacial score (nSPS) is 15.9. The van der Waals surface area contributed by atoms with Gasteiger partial charge >= 0.3 is 6.18 Å². The number of piperidine rings is 1. The lowest BCUT2D eigenvalue weighted by molar-refractivity contribution is -0.141. The highest BCUT2D eigenvalue weighted by molar-refractivity contribution is 7.17. The van der Waals surface area contributed by atoms with Crippen LogP contribution >= 0.6 is 22.9 Å². The fourth-order valence-corrected chi connectivity index (χ4v) is 4.89. The second-order valence-corrected chi connectivity index (χ2v) is 9.08. The number of thiazole rings is 1. The topological polar surface area (TPSA) is 71.0 Å². The molecule has 1 saturated heterocycles. The molecule has 1 N–H and O–H groups in total. The van der Waals surface area contributed by atoms with E-state index in [0.717, 1.165) is 37.9 Å². The maximum atomic E-state index is 13.6. The van der Waals surface area contributed by atoms with Crippen molar-refractivity contribution >= 4 is 28.8 Å². The number of nitrogens with one attached hydrogen (secondary N) is 1. The molecule has 33 heavy (non-hydrogen) atoms. The first-order valence-electron chi connectivity index (χ1n) is 10.5. The van der Waals surface area contributed by atoms with Crippen LogP contribution in [0.25, 0.3) is 10.8 Å². The number of alkyl halides is 3. The van der Waals surface area contributed by atoms with Crippen molar-refractivity contribution in [1.82, 2.24) is 25.2 Å². The Bertz CT molecular complexity index is 1090. The van der Waals surface area contributed by atoms with Crippen LogP contribution in [0.3, 0.4) is 0 Å². The fourth-order valence-electron chi connectivity index (χ4n) is 3.81. The van der Waals surface area contributed by atoms with E-state index in [4.69, 9.17) is 11.6 Å². The van der Waals surface area contributed by atoms with E-state index in [1.165, 1.54) is 12.4 Å². The summed E-state index contributed by atoms with van der Waals surface area (Å²) in [5.41, 5.74) is -0.284. The number of nitrogens with zero attached hydrogens (tertiary/aromatic N) is 4. The number of carbonyl (C=O) groups excluding carboxylic acids is 1. The number of halogens is 4. The predicted molar refractivity (Wildman–Crippen MR) is 120 cm³/mol. The van der Waals surface area contributed by atoms with Gasteiger partial charge in [-0.25, -0.2) is 15.0 Å². The first-order chi connectivity index (χ1) is 15.8. The molecule has 0 radical (unpaired) electrons. The number of aromatic nitrogens is 3. The number of amides is 1. The van der Waals surface area contributed by atoms with Gasteiger partial charge in [-0.05, 0) is 49.7 Å². The summed E-state index contributed by atoms with van der Waals surface area (Å²) < 4.78 is 40.9. The van der Waals surface area contributed by atoms with Crippen molar-refractivity contribution in [2.45, 2.75) is 31.5 Å². The van der Waals surface area contributed by atoms with E-state index in [1.54, 1.807) is 18.2 Å². The predicted octanol–water partition coefficient (Wildman–Crippen LogP) is 5.23. The van der Waals surface area contributed by atoms with Gasteiger partial charge in [0, 0.05) is 24.0 Å². The third-order valence-corrected chi connectivity index (χ3v) is 6.70. The average molecular weight is 496 g/mol. The molecule has 6 nitrogen and oxygen atoms in total. The lowest BCUT2D eigenvalue weighted by atomic mass is 10.0. The molecule has 3 aromatic rings. The number of benzene rings is 1. The lowest BCUT2D eigenvalue weighted by Gasteiger charge is -2.35. The van der Waals surface area contributed by atoms with Gasteiger partial charge in [-0.15, -0.1) is 11.3 Å². The molecule has 174 valence electrons. The average Bonchev–Trinajstić information content (AvgIpc) is 3.28. The summed E-state index contributed by atoms with van der Waals surface area (Å²) in [5, 5.41) is 3.24. The third kappa shape index (κ3) is 5.69. The molecule has 1 amide bonds. The summed E-state index contributed by atoms with van der Waals surface area (Å²) >= 11 is 6.65. The Morgan fingerprint density at radius 3 is 2.42 bits per heavy atom. The first-order valence-corrected chi connectivity index (χ1v) is 11.7. The smallest absolute Gasteiger partial charge is 0.349 e. The van der Waals surface area contributed by atoms with Gasteiger partial charge in [-0.2, -0.15) is 13.2 Å². The van der Waals surface area contributed by atoms with Crippen LogP contribution in [0.4, 0.5) is 13.2 Å². The van der Waals surface area contributed by atoms with E-state index in [9.17, 15) is 18.0 Å². The molecule has 0 saturated carbocycles. The van der Waals surface area contributed by atoms with E-state index < -0.39 is 22.7 Å². The van der Waals surface area contributed by atoms with Gasteiger partial charge in [0.05, 0.1) is 6.04 Å². The van der Waals surface area contributed by atoms with Gasteiger partial charge in [0.25, 0.3) is 5.91 Å². The second kappa shape index (κ2) is 10.1. The quantitative estimate of drug-likeness (QED) is 0.507. The van der Waals surface area contributed by atoms with E-state index in [0.29, 0.717) is 16.4 Å². The van der Waals surface area contributed by atoms with Gasteiger partial charge in [-0.3, -0.25) is 9.69 Å². The summed E-state index contributed by atoms with van der Waals surface area (Å²) in [6, 6.07) is 8.68. The zero-order chi connectivity index (χ0) is 23.4. The number of rotatable bonds is 6. The summed E-state index contributed by atoms with van der Waals surface area (Å²) in [7, 11) is 0. The monoisotopic (exact) mass is 495 g/mol. The molecule has 1 aromatic carbocycles. The van der Waals surface area contributed by atoms with E-state index in [-0.39, 0.29) is 23.4 Å². The van der Waals surface area contributed by atoms with E-state index in [1.807, 2.05) is 12.1 Å². The van der Waals surface area contributed by atoms with Crippen molar-refractivity contribution in [3.8, 4) is 10.8 Å². The van der Waals surface area contributed by atoms with Crippen molar-refractivity contribution < 1.29 is 18.0 Å². The van der Waals surface area contributed by atoms with Gasteiger partial charge < -0.3 is 5.32 Å². The molecule has 3 heterocycles. The van der Waals surface area contributed by atoms with Gasteiger partial charge in [0.15, 0.2) is 16.5 Å². The molecule has 1 atom stereocenters. The third-order valence-electron chi connectivity index (χ3n) is 5.40. The molecule has 4 rings (SSSR count). The summed E-state index contributed by atoms with van der Waals surface area (Å²) in [4.78, 5) is 26.2. The highest BCUT2D eigenvalue weighted by Crippen LogP contribution is 2.37. The molecular formula is C22H21ClF3N5OS. The minimum atomic E-state index is -4.78. The number of hydrogen-bond acceptors (Lipinski definition) is 6. The van der Waals surface area contributed by atoms with Crippen LogP contribution in [0.1, 0.15) is 46.2 Å². The van der Waals surface area contributed by atoms with Crippen molar-refractivity contribution in [3.05, 3.63) is 63.9 Å². The molecule has 1 aliphatic heterocycles. The van der Waals surface area contributed by atoms with E-state index >= 15 is 0 Å². The standard InChI is InChI=1S/C22H21ClF3N5OS/c23-15-7-5-14(6-8-15)16(31-11-2-1-3-12-31)13-29-20(32)17-18(22(24,25)26)30-21(33-17)19-27-9-4-10-28-19/h4-10,16H,1-3,11-13H2,(H,29,32).